The Morgan fingerprint density at radius 1 is 1.33 bits per heavy atom. The van der Waals surface area contributed by atoms with Crippen LogP contribution in [0.4, 0.5) is 0 Å². The molecule has 1 aliphatic rings. The van der Waals surface area contributed by atoms with Crippen molar-refractivity contribution in [1.29, 1.82) is 0 Å². The molecule has 0 unspecified atom stereocenters. The number of benzene rings is 1. The first-order chi connectivity index (χ1) is 11.6. The summed E-state index contributed by atoms with van der Waals surface area (Å²) < 4.78 is 12.4. The van der Waals surface area contributed by atoms with Crippen molar-refractivity contribution in [2.75, 3.05) is 13.8 Å². The number of fused-ring (bicyclic) bond motifs is 2. The first kappa shape index (κ1) is 14.8. The second-order valence-corrected chi connectivity index (χ2v) is 5.81. The highest BCUT2D eigenvalue weighted by atomic mass is 35.5. The molecule has 0 aliphatic carbocycles. The summed E-state index contributed by atoms with van der Waals surface area (Å²) in [6, 6.07) is 8.84. The molecule has 1 aliphatic heterocycles. The Hall–Kier alpha value is -2.80. The molecule has 122 valence electrons. The van der Waals surface area contributed by atoms with Crippen molar-refractivity contribution in [2.45, 2.75) is 6.54 Å². The molecule has 8 heteroatoms. The Morgan fingerprint density at radius 3 is 3.08 bits per heavy atom. The Labute approximate surface area is 142 Å². The molecule has 0 spiro atoms. The minimum absolute atomic E-state index is 0.105. The molecule has 2 aromatic heterocycles. The fourth-order valence-corrected chi connectivity index (χ4v) is 2.86. The average molecular weight is 345 g/mol. The van der Waals surface area contributed by atoms with Crippen LogP contribution >= 0.6 is 11.6 Å². The van der Waals surface area contributed by atoms with Gasteiger partial charge in [-0.3, -0.25) is 9.20 Å². The minimum Gasteiger partial charge on any atom is -0.454 e. The SMILES string of the molecule is CN(Cc1nnc2ccccn12)C(=O)c1cc(Cl)c2c(c1)OCO2. The Bertz CT molecular complexity index is 940. The maximum Gasteiger partial charge on any atom is 0.254 e. The summed E-state index contributed by atoms with van der Waals surface area (Å²) in [5, 5.41) is 8.57. The van der Waals surface area contributed by atoms with E-state index in [1.807, 2.05) is 28.8 Å². The molecule has 0 N–H and O–H groups in total. The second kappa shape index (κ2) is 5.68. The van der Waals surface area contributed by atoms with Gasteiger partial charge in [0, 0.05) is 18.8 Å². The zero-order chi connectivity index (χ0) is 16.7. The van der Waals surface area contributed by atoms with Crippen LogP contribution in [0.5, 0.6) is 11.5 Å². The molecule has 4 rings (SSSR count). The maximum atomic E-state index is 12.7. The van der Waals surface area contributed by atoms with E-state index in [2.05, 4.69) is 10.2 Å². The van der Waals surface area contributed by atoms with Gasteiger partial charge in [0.1, 0.15) is 0 Å². The molecular weight excluding hydrogens is 332 g/mol. The monoisotopic (exact) mass is 344 g/mol. The van der Waals surface area contributed by atoms with E-state index in [1.54, 1.807) is 24.1 Å². The third kappa shape index (κ3) is 2.43. The number of hydrogen-bond donors (Lipinski definition) is 0. The molecule has 3 aromatic rings. The zero-order valence-electron chi connectivity index (χ0n) is 12.8. The van der Waals surface area contributed by atoms with Crippen LogP contribution in [-0.4, -0.2) is 39.2 Å². The molecule has 0 fully saturated rings. The molecule has 0 atom stereocenters. The van der Waals surface area contributed by atoms with E-state index in [4.69, 9.17) is 21.1 Å². The lowest BCUT2D eigenvalue weighted by atomic mass is 10.1. The van der Waals surface area contributed by atoms with Gasteiger partial charge in [-0.05, 0) is 24.3 Å². The average Bonchev–Trinajstić information content (AvgIpc) is 3.21. The van der Waals surface area contributed by atoms with Gasteiger partial charge in [0.05, 0.1) is 11.6 Å². The van der Waals surface area contributed by atoms with E-state index in [0.717, 1.165) is 5.65 Å². The number of rotatable bonds is 3. The van der Waals surface area contributed by atoms with Crippen LogP contribution in [0.15, 0.2) is 36.5 Å². The lowest BCUT2D eigenvalue weighted by Crippen LogP contribution is -2.27. The maximum absolute atomic E-state index is 12.7. The van der Waals surface area contributed by atoms with Crippen LogP contribution in [0, 0.1) is 0 Å². The standard InChI is InChI=1S/C16H13ClN4O3/c1-20(8-14-19-18-13-4-2-3-5-21(13)14)16(22)10-6-11(17)15-12(7-10)23-9-24-15/h2-7H,8-9H2,1H3. The third-order valence-electron chi connectivity index (χ3n) is 3.78. The molecule has 24 heavy (non-hydrogen) atoms. The van der Waals surface area contributed by atoms with Crippen LogP contribution in [0.3, 0.4) is 0 Å². The van der Waals surface area contributed by atoms with Gasteiger partial charge in [0.15, 0.2) is 23.0 Å². The van der Waals surface area contributed by atoms with Crippen LogP contribution < -0.4 is 9.47 Å². The van der Waals surface area contributed by atoms with Crippen molar-refractivity contribution >= 4 is 23.2 Å². The molecule has 0 radical (unpaired) electrons. The molecule has 1 aromatic carbocycles. The Kier molecular flexibility index (Phi) is 3.50. The van der Waals surface area contributed by atoms with E-state index in [-0.39, 0.29) is 12.7 Å². The third-order valence-corrected chi connectivity index (χ3v) is 4.06. The number of hydrogen-bond acceptors (Lipinski definition) is 5. The van der Waals surface area contributed by atoms with Crippen molar-refractivity contribution in [3.63, 3.8) is 0 Å². The van der Waals surface area contributed by atoms with E-state index in [0.29, 0.717) is 34.5 Å². The van der Waals surface area contributed by atoms with Crippen LogP contribution in [0.1, 0.15) is 16.2 Å². The van der Waals surface area contributed by atoms with Gasteiger partial charge in [-0.2, -0.15) is 0 Å². The van der Waals surface area contributed by atoms with Crippen LogP contribution in [0.2, 0.25) is 5.02 Å². The van der Waals surface area contributed by atoms with Crippen molar-refractivity contribution in [1.82, 2.24) is 19.5 Å². The van der Waals surface area contributed by atoms with E-state index < -0.39 is 0 Å². The molecular formula is C16H13ClN4O3. The van der Waals surface area contributed by atoms with Gasteiger partial charge in [-0.15, -0.1) is 10.2 Å². The number of amides is 1. The molecule has 0 saturated heterocycles. The summed E-state index contributed by atoms with van der Waals surface area (Å²) in [5.74, 6) is 1.43. The van der Waals surface area contributed by atoms with Gasteiger partial charge < -0.3 is 14.4 Å². The molecule has 1 amide bonds. The van der Waals surface area contributed by atoms with Gasteiger partial charge in [-0.25, -0.2) is 0 Å². The predicted molar refractivity (Wildman–Crippen MR) is 86.4 cm³/mol. The Morgan fingerprint density at radius 2 is 2.21 bits per heavy atom. The lowest BCUT2D eigenvalue weighted by molar-refractivity contribution is 0.0780. The summed E-state index contributed by atoms with van der Waals surface area (Å²) >= 11 is 6.14. The lowest BCUT2D eigenvalue weighted by Gasteiger charge is -2.16. The normalized spacial score (nSPS) is 12.6. The summed E-state index contributed by atoms with van der Waals surface area (Å²) in [7, 11) is 1.70. The minimum atomic E-state index is -0.192. The zero-order valence-corrected chi connectivity index (χ0v) is 13.5. The van der Waals surface area contributed by atoms with Crippen LogP contribution in [-0.2, 0) is 6.54 Å². The number of halogens is 1. The fourth-order valence-electron chi connectivity index (χ4n) is 2.59. The highest BCUT2D eigenvalue weighted by molar-refractivity contribution is 6.32. The topological polar surface area (TPSA) is 69.0 Å². The van der Waals surface area contributed by atoms with Crippen molar-refractivity contribution in [3.8, 4) is 11.5 Å². The van der Waals surface area contributed by atoms with Gasteiger partial charge in [-0.1, -0.05) is 17.7 Å². The quantitative estimate of drug-likeness (QED) is 0.729. The first-order valence-electron chi connectivity index (χ1n) is 7.27. The second-order valence-electron chi connectivity index (χ2n) is 5.40. The van der Waals surface area contributed by atoms with E-state index in [1.165, 1.54) is 0 Å². The Balaban J connectivity index is 1.59. The number of nitrogens with zero attached hydrogens (tertiary/aromatic N) is 4. The van der Waals surface area contributed by atoms with Crippen molar-refractivity contribution < 1.29 is 14.3 Å². The molecule has 3 heterocycles. The van der Waals surface area contributed by atoms with Crippen molar-refractivity contribution in [2.24, 2.45) is 0 Å². The summed E-state index contributed by atoms with van der Waals surface area (Å²) in [6.45, 7) is 0.421. The largest absolute Gasteiger partial charge is 0.454 e. The smallest absolute Gasteiger partial charge is 0.254 e. The molecule has 0 bridgehead atoms. The highest BCUT2D eigenvalue weighted by Gasteiger charge is 2.22. The number of aromatic nitrogens is 3. The van der Waals surface area contributed by atoms with Gasteiger partial charge in [0.2, 0.25) is 6.79 Å². The summed E-state index contributed by atoms with van der Waals surface area (Å²) in [5.41, 5.74) is 1.17. The summed E-state index contributed by atoms with van der Waals surface area (Å²) in [6.07, 6.45) is 1.86. The van der Waals surface area contributed by atoms with Crippen LogP contribution in [0.25, 0.3) is 5.65 Å². The number of carbonyl (C=O) groups excluding carboxylic acids is 1. The molecule has 0 saturated carbocycles. The van der Waals surface area contributed by atoms with E-state index in [9.17, 15) is 4.79 Å². The number of ether oxygens (including phenoxy) is 2. The predicted octanol–water partition coefficient (Wildman–Crippen LogP) is 2.38. The summed E-state index contributed by atoms with van der Waals surface area (Å²) in [4.78, 5) is 14.2. The van der Waals surface area contributed by atoms with Crippen molar-refractivity contribution in [3.05, 3.63) is 52.9 Å². The van der Waals surface area contributed by atoms with Gasteiger partial charge >= 0.3 is 0 Å². The fraction of sp³-hybridized carbons (Fsp3) is 0.188. The van der Waals surface area contributed by atoms with E-state index >= 15 is 0 Å². The molecule has 7 nitrogen and oxygen atoms in total. The number of pyridine rings is 1. The first-order valence-corrected chi connectivity index (χ1v) is 7.64. The van der Waals surface area contributed by atoms with Gasteiger partial charge in [0.25, 0.3) is 5.91 Å². The number of carbonyl (C=O) groups is 1. The highest BCUT2D eigenvalue weighted by Crippen LogP contribution is 2.40.